The minimum Gasteiger partial charge on any atom is -0.325 e. The van der Waals surface area contributed by atoms with E-state index in [4.69, 9.17) is 0 Å². The van der Waals surface area contributed by atoms with Crippen molar-refractivity contribution in [3.8, 4) is 0 Å². The summed E-state index contributed by atoms with van der Waals surface area (Å²) in [5, 5.41) is 14.9. The van der Waals surface area contributed by atoms with Gasteiger partial charge in [-0.15, -0.1) is 11.3 Å². The van der Waals surface area contributed by atoms with E-state index in [1.807, 2.05) is 13.8 Å². The standard InChI is InChI=1S/C17H16N4O3S2/c1-9-10(2)25-16-14(9)17(19-8-18-16)26-11(3)15(22)20-12-5-4-6-13(7-12)21(23)24/h4-8,11H,1-3H3,(H,20,22)/t11-/m0/s1. The molecule has 1 N–H and O–H groups in total. The topological polar surface area (TPSA) is 98.0 Å². The Bertz CT molecular complexity index is 1000. The second kappa shape index (κ2) is 7.38. The lowest BCUT2D eigenvalue weighted by atomic mass is 10.2. The number of nitro groups is 1. The number of carbonyl (C=O) groups is 1. The minimum absolute atomic E-state index is 0.0648. The fourth-order valence-corrected chi connectivity index (χ4v) is 4.44. The van der Waals surface area contributed by atoms with Gasteiger partial charge in [-0.05, 0) is 32.4 Å². The van der Waals surface area contributed by atoms with E-state index in [1.165, 1.54) is 41.2 Å². The number of nitrogens with one attached hydrogen (secondary N) is 1. The van der Waals surface area contributed by atoms with Crippen molar-refractivity contribution in [1.82, 2.24) is 9.97 Å². The van der Waals surface area contributed by atoms with E-state index in [-0.39, 0.29) is 11.6 Å². The second-order valence-electron chi connectivity index (χ2n) is 5.70. The molecule has 0 radical (unpaired) electrons. The molecule has 2 aromatic heterocycles. The van der Waals surface area contributed by atoms with Crippen LogP contribution in [0, 0.1) is 24.0 Å². The number of hydrogen-bond acceptors (Lipinski definition) is 7. The van der Waals surface area contributed by atoms with Crippen LogP contribution in [0.15, 0.2) is 35.6 Å². The Morgan fingerprint density at radius 1 is 1.35 bits per heavy atom. The Morgan fingerprint density at radius 2 is 2.12 bits per heavy atom. The van der Waals surface area contributed by atoms with E-state index >= 15 is 0 Å². The molecule has 26 heavy (non-hydrogen) atoms. The monoisotopic (exact) mass is 388 g/mol. The first-order chi connectivity index (χ1) is 12.4. The number of anilines is 1. The van der Waals surface area contributed by atoms with Crippen molar-refractivity contribution < 1.29 is 9.72 Å². The van der Waals surface area contributed by atoms with Gasteiger partial charge in [0, 0.05) is 28.1 Å². The van der Waals surface area contributed by atoms with Crippen LogP contribution in [0.1, 0.15) is 17.4 Å². The highest BCUT2D eigenvalue weighted by atomic mass is 32.2. The van der Waals surface area contributed by atoms with Gasteiger partial charge in [0.15, 0.2) is 0 Å². The highest BCUT2D eigenvalue weighted by Gasteiger charge is 2.20. The van der Waals surface area contributed by atoms with Crippen molar-refractivity contribution in [2.45, 2.75) is 31.0 Å². The number of aryl methyl sites for hydroxylation is 2. The van der Waals surface area contributed by atoms with Crippen LogP contribution in [0.3, 0.4) is 0 Å². The van der Waals surface area contributed by atoms with Gasteiger partial charge in [0.1, 0.15) is 16.2 Å². The Labute approximate surface area is 158 Å². The Hall–Kier alpha value is -2.52. The van der Waals surface area contributed by atoms with Gasteiger partial charge in [-0.25, -0.2) is 9.97 Å². The molecule has 1 aromatic carbocycles. The molecular weight excluding hydrogens is 372 g/mol. The Morgan fingerprint density at radius 3 is 2.85 bits per heavy atom. The number of rotatable bonds is 5. The molecule has 1 amide bonds. The summed E-state index contributed by atoms with van der Waals surface area (Å²) in [6.45, 7) is 5.84. The Balaban J connectivity index is 1.78. The van der Waals surface area contributed by atoms with E-state index in [0.29, 0.717) is 5.69 Å². The SMILES string of the molecule is Cc1sc2ncnc(S[C@@H](C)C(=O)Nc3cccc([N+](=O)[O-])c3)c2c1C. The number of benzene rings is 1. The summed E-state index contributed by atoms with van der Waals surface area (Å²) in [4.78, 5) is 33.6. The summed E-state index contributed by atoms with van der Waals surface area (Å²) in [6, 6.07) is 5.88. The van der Waals surface area contributed by atoms with Crippen LogP contribution in [-0.2, 0) is 4.79 Å². The number of nitro benzene ring substituents is 1. The normalized spacial score (nSPS) is 12.1. The third kappa shape index (κ3) is 3.68. The van der Waals surface area contributed by atoms with E-state index in [2.05, 4.69) is 15.3 Å². The van der Waals surface area contributed by atoms with E-state index in [9.17, 15) is 14.9 Å². The number of thioether (sulfide) groups is 1. The van der Waals surface area contributed by atoms with Gasteiger partial charge >= 0.3 is 0 Å². The first-order valence-corrected chi connectivity index (χ1v) is 9.49. The molecule has 0 unspecified atom stereocenters. The summed E-state index contributed by atoms with van der Waals surface area (Å²) < 4.78 is 0. The summed E-state index contributed by atoms with van der Waals surface area (Å²) in [5.41, 5.74) is 1.46. The molecule has 3 rings (SSSR count). The number of hydrogen-bond donors (Lipinski definition) is 1. The van der Waals surface area contributed by atoms with Gasteiger partial charge in [0.25, 0.3) is 5.69 Å². The summed E-state index contributed by atoms with van der Waals surface area (Å²) in [6.07, 6.45) is 1.51. The average molecular weight is 388 g/mol. The number of aromatic nitrogens is 2. The largest absolute Gasteiger partial charge is 0.325 e. The highest BCUT2D eigenvalue weighted by Crippen LogP contribution is 2.36. The molecule has 7 nitrogen and oxygen atoms in total. The number of thiophene rings is 1. The predicted molar refractivity (Wildman–Crippen MR) is 104 cm³/mol. The van der Waals surface area contributed by atoms with Crippen LogP contribution in [0.25, 0.3) is 10.2 Å². The average Bonchev–Trinajstić information content (AvgIpc) is 2.90. The molecule has 0 bridgehead atoms. The van der Waals surface area contributed by atoms with Crippen molar-refractivity contribution in [2.75, 3.05) is 5.32 Å². The minimum atomic E-state index is -0.493. The first kappa shape index (κ1) is 18.3. The zero-order valence-electron chi connectivity index (χ0n) is 14.3. The number of fused-ring (bicyclic) bond motifs is 1. The van der Waals surface area contributed by atoms with Gasteiger partial charge in [-0.3, -0.25) is 14.9 Å². The van der Waals surface area contributed by atoms with Crippen molar-refractivity contribution in [1.29, 1.82) is 0 Å². The molecule has 9 heteroatoms. The van der Waals surface area contributed by atoms with Crippen molar-refractivity contribution in [2.24, 2.45) is 0 Å². The van der Waals surface area contributed by atoms with Crippen LogP contribution in [0.4, 0.5) is 11.4 Å². The maximum atomic E-state index is 12.5. The number of amides is 1. The van der Waals surface area contributed by atoms with E-state index in [0.717, 1.165) is 20.8 Å². The lowest BCUT2D eigenvalue weighted by Crippen LogP contribution is -2.22. The zero-order valence-corrected chi connectivity index (χ0v) is 16.0. The van der Waals surface area contributed by atoms with Crippen LogP contribution >= 0.6 is 23.1 Å². The number of nitrogens with zero attached hydrogens (tertiary/aromatic N) is 3. The quantitative estimate of drug-likeness (QED) is 0.302. The van der Waals surface area contributed by atoms with Gasteiger partial charge in [-0.2, -0.15) is 0 Å². The molecule has 0 saturated heterocycles. The molecule has 2 heterocycles. The van der Waals surface area contributed by atoms with Gasteiger partial charge in [-0.1, -0.05) is 17.8 Å². The molecule has 1 atom stereocenters. The first-order valence-electron chi connectivity index (χ1n) is 7.79. The van der Waals surface area contributed by atoms with Crippen LogP contribution < -0.4 is 5.32 Å². The van der Waals surface area contributed by atoms with Crippen molar-refractivity contribution in [3.05, 3.63) is 51.1 Å². The molecule has 134 valence electrons. The summed E-state index contributed by atoms with van der Waals surface area (Å²) >= 11 is 2.95. The molecular formula is C17H16N4O3S2. The van der Waals surface area contributed by atoms with Crippen molar-refractivity contribution >= 4 is 50.6 Å². The van der Waals surface area contributed by atoms with E-state index in [1.54, 1.807) is 24.3 Å². The summed E-state index contributed by atoms with van der Waals surface area (Å²) in [5.74, 6) is -0.244. The third-order valence-electron chi connectivity index (χ3n) is 3.91. The lowest BCUT2D eigenvalue weighted by Gasteiger charge is -2.12. The maximum Gasteiger partial charge on any atom is 0.271 e. The number of non-ortho nitro benzene ring substituents is 1. The van der Waals surface area contributed by atoms with Crippen LogP contribution in [0.2, 0.25) is 0 Å². The van der Waals surface area contributed by atoms with Crippen molar-refractivity contribution in [3.63, 3.8) is 0 Å². The Kier molecular flexibility index (Phi) is 5.19. The lowest BCUT2D eigenvalue weighted by molar-refractivity contribution is -0.384. The summed E-state index contributed by atoms with van der Waals surface area (Å²) in [7, 11) is 0. The molecule has 0 aliphatic carbocycles. The zero-order chi connectivity index (χ0) is 18.8. The maximum absolute atomic E-state index is 12.5. The smallest absolute Gasteiger partial charge is 0.271 e. The van der Waals surface area contributed by atoms with Gasteiger partial charge < -0.3 is 5.32 Å². The van der Waals surface area contributed by atoms with E-state index < -0.39 is 10.2 Å². The number of carbonyl (C=O) groups excluding carboxylic acids is 1. The van der Waals surface area contributed by atoms with Crippen LogP contribution in [-0.4, -0.2) is 26.0 Å². The molecule has 3 aromatic rings. The molecule has 0 fully saturated rings. The molecule has 0 aliphatic heterocycles. The van der Waals surface area contributed by atoms with Gasteiger partial charge in [0.05, 0.1) is 10.2 Å². The van der Waals surface area contributed by atoms with Crippen LogP contribution in [0.5, 0.6) is 0 Å². The van der Waals surface area contributed by atoms with Gasteiger partial charge in [0.2, 0.25) is 5.91 Å². The molecule has 0 aliphatic rings. The second-order valence-corrected chi connectivity index (χ2v) is 8.23. The molecule has 0 saturated carbocycles. The fraction of sp³-hybridized carbons (Fsp3) is 0.235. The molecule has 0 spiro atoms. The third-order valence-corrected chi connectivity index (χ3v) is 6.13. The highest BCUT2D eigenvalue weighted by molar-refractivity contribution is 8.00. The fourth-order valence-electron chi connectivity index (χ4n) is 2.40. The predicted octanol–water partition coefficient (Wildman–Crippen LogP) is 4.34.